The number of aliphatic carboxylic acids is 1. The van der Waals surface area contributed by atoms with Gasteiger partial charge in [0.25, 0.3) is 6.43 Å². The molecule has 0 saturated carbocycles. The number of benzene rings is 4. The second-order valence-corrected chi connectivity index (χ2v) is 12.4. The van der Waals surface area contributed by atoms with Crippen LogP contribution in [-0.4, -0.2) is 19.6 Å². The number of nitriles is 2. The lowest BCUT2D eigenvalue weighted by atomic mass is 9.89. The van der Waals surface area contributed by atoms with Crippen LogP contribution < -0.4 is 0 Å². The highest BCUT2D eigenvalue weighted by Crippen LogP contribution is 2.46. The van der Waals surface area contributed by atoms with E-state index in [1.165, 1.54) is 64.6 Å². The second-order valence-electron chi connectivity index (χ2n) is 10.6. The monoisotopic (exact) mass is 667 g/mol. The number of allylic oxidation sites excluding steroid dienone is 3. The van der Waals surface area contributed by atoms with E-state index < -0.39 is 29.6 Å². The minimum atomic E-state index is -2.73. The van der Waals surface area contributed by atoms with E-state index in [0.717, 1.165) is 0 Å². The highest BCUT2D eigenvalue weighted by molar-refractivity contribution is 7.90. The SMILES string of the molecule is N#Cc1cccc(C#N)c1-c1c(-c2cccc(C3=C(Cl)C=C(C(=O)O)CC3)c2)n([S+]([O-])c2ccc(C(F)F)cc2)c2ccc(F)cc12. The maximum Gasteiger partial charge on any atom is 0.331 e. The third-order valence-electron chi connectivity index (χ3n) is 7.93. The van der Waals surface area contributed by atoms with E-state index in [0.29, 0.717) is 28.6 Å². The van der Waals surface area contributed by atoms with E-state index >= 15 is 0 Å². The fourth-order valence-corrected chi connectivity index (χ4v) is 7.38. The molecule has 6 rings (SSSR count). The molecule has 232 valence electrons. The van der Waals surface area contributed by atoms with E-state index in [1.807, 2.05) is 0 Å². The molecule has 0 aliphatic heterocycles. The molecular formula is C36H21ClF3N3O3S. The van der Waals surface area contributed by atoms with Crippen molar-refractivity contribution in [2.45, 2.75) is 24.2 Å². The van der Waals surface area contributed by atoms with Crippen molar-refractivity contribution >= 4 is 45.4 Å². The number of halogens is 4. The first-order valence-electron chi connectivity index (χ1n) is 14.1. The lowest BCUT2D eigenvalue weighted by Gasteiger charge is -2.19. The zero-order chi connectivity index (χ0) is 33.4. The third-order valence-corrected chi connectivity index (χ3v) is 9.66. The van der Waals surface area contributed by atoms with Gasteiger partial charge in [0.1, 0.15) is 22.9 Å². The molecule has 1 atom stereocenters. The molecule has 0 fully saturated rings. The number of hydrogen-bond acceptors (Lipinski definition) is 4. The van der Waals surface area contributed by atoms with Crippen LogP contribution in [-0.2, 0) is 16.2 Å². The van der Waals surface area contributed by atoms with E-state index in [2.05, 4.69) is 12.1 Å². The Kier molecular flexibility index (Phi) is 8.67. The molecule has 1 aliphatic carbocycles. The predicted octanol–water partition coefficient (Wildman–Crippen LogP) is 9.12. The van der Waals surface area contributed by atoms with Crippen molar-refractivity contribution in [2.75, 3.05) is 0 Å². The Balaban J connectivity index is 1.70. The molecule has 1 heterocycles. The first-order valence-corrected chi connectivity index (χ1v) is 15.6. The zero-order valence-corrected chi connectivity index (χ0v) is 25.7. The Morgan fingerprint density at radius 2 is 1.57 bits per heavy atom. The topological polar surface area (TPSA) is 113 Å². The Morgan fingerprint density at radius 1 is 0.915 bits per heavy atom. The average Bonchev–Trinajstić information content (AvgIpc) is 3.41. The molecule has 1 unspecified atom stereocenters. The van der Waals surface area contributed by atoms with Crippen LogP contribution in [0.5, 0.6) is 0 Å². The van der Waals surface area contributed by atoms with Crippen LogP contribution in [0.25, 0.3) is 38.9 Å². The maximum absolute atomic E-state index is 15.0. The van der Waals surface area contributed by atoms with Gasteiger partial charge in [0.15, 0.2) is 4.90 Å². The molecule has 47 heavy (non-hydrogen) atoms. The van der Waals surface area contributed by atoms with E-state index in [-0.39, 0.29) is 60.8 Å². The van der Waals surface area contributed by atoms with Crippen molar-refractivity contribution in [3.8, 4) is 34.5 Å². The van der Waals surface area contributed by atoms with E-state index in [4.69, 9.17) is 11.6 Å². The van der Waals surface area contributed by atoms with Gasteiger partial charge in [-0.15, -0.1) is 0 Å². The summed E-state index contributed by atoms with van der Waals surface area (Å²) in [4.78, 5) is 11.7. The van der Waals surface area contributed by atoms with Crippen LogP contribution in [0.4, 0.5) is 13.2 Å². The van der Waals surface area contributed by atoms with Crippen LogP contribution in [0.15, 0.2) is 107 Å². The lowest BCUT2D eigenvalue weighted by molar-refractivity contribution is -0.132. The van der Waals surface area contributed by atoms with Gasteiger partial charge in [-0.25, -0.2) is 18.0 Å². The van der Waals surface area contributed by atoms with Crippen LogP contribution in [0.3, 0.4) is 0 Å². The summed E-state index contributed by atoms with van der Waals surface area (Å²) in [5.74, 6) is -1.68. The van der Waals surface area contributed by atoms with Crippen molar-refractivity contribution in [1.29, 1.82) is 10.5 Å². The Bertz CT molecular complexity index is 2200. The highest BCUT2D eigenvalue weighted by atomic mass is 35.5. The fourth-order valence-electron chi connectivity index (χ4n) is 5.76. The van der Waals surface area contributed by atoms with Gasteiger partial charge >= 0.3 is 5.97 Å². The molecule has 5 aromatic rings. The minimum absolute atomic E-state index is 0.126. The second kappa shape index (κ2) is 12.9. The number of fused-ring (bicyclic) bond motifs is 1. The fraction of sp³-hybridized carbons (Fsp3) is 0.0833. The van der Waals surface area contributed by atoms with E-state index in [1.54, 1.807) is 30.3 Å². The van der Waals surface area contributed by atoms with Crippen LogP contribution in [0.1, 0.15) is 41.5 Å². The molecule has 1 aromatic heterocycles. The van der Waals surface area contributed by atoms with Crippen molar-refractivity contribution in [1.82, 2.24) is 3.97 Å². The summed E-state index contributed by atoms with van der Waals surface area (Å²) in [6.07, 6.45) is -0.747. The lowest BCUT2D eigenvalue weighted by Crippen LogP contribution is -2.14. The smallest absolute Gasteiger partial charge is 0.331 e. The summed E-state index contributed by atoms with van der Waals surface area (Å²) < 4.78 is 57.6. The number of hydrogen-bond donors (Lipinski definition) is 1. The Hall–Kier alpha value is -5.26. The van der Waals surface area contributed by atoms with Gasteiger partial charge in [0, 0.05) is 38.2 Å². The molecule has 6 nitrogen and oxygen atoms in total. The average molecular weight is 668 g/mol. The molecule has 0 radical (unpaired) electrons. The maximum atomic E-state index is 15.0. The first kappa shape index (κ1) is 31.7. The molecule has 1 aliphatic rings. The van der Waals surface area contributed by atoms with Crippen LogP contribution in [0.2, 0.25) is 0 Å². The first-order chi connectivity index (χ1) is 22.6. The summed E-state index contributed by atoms with van der Waals surface area (Å²) in [5, 5.41) is 30.2. The Morgan fingerprint density at radius 3 is 2.19 bits per heavy atom. The molecule has 0 bridgehead atoms. The molecule has 4 aromatic carbocycles. The summed E-state index contributed by atoms with van der Waals surface area (Å²) in [7, 11) is 0. The molecular weight excluding hydrogens is 647 g/mol. The number of carboxylic acids is 1. The van der Waals surface area contributed by atoms with Crippen LogP contribution in [0, 0.1) is 28.5 Å². The largest absolute Gasteiger partial charge is 0.587 e. The quantitative estimate of drug-likeness (QED) is 0.174. The van der Waals surface area contributed by atoms with E-state index in [9.17, 15) is 38.1 Å². The summed E-state index contributed by atoms with van der Waals surface area (Å²) in [6, 6.07) is 24.7. The normalized spacial score (nSPS) is 13.7. The van der Waals surface area contributed by atoms with Crippen molar-refractivity contribution < 1.29 is 27.6 Å². The number of alkyl halides is 2. The molecule has 1 N–H and O–H groups in total. The van der Waals surface area contributed by atoms with Crippen LogP contribution >= 0.6 is 11.6 Å². The highest BCUT2D eigenvalue weighted by Gasteiger charge is 2.31. The zero-order valence-electron chi connectivity index (χ0n) is 24.2. The molecule has 0 saturated heterocycles. The number of carbonyl (C=O) groups is 1. The van der Waals surface area contributed by atoms with Gasteiger partial charge in [0.2, 0.25) is 0 Å². The standard InChI is InChI=1S/C36H21ClF3N3O3S/c37-30-16-23(36(44)45)9-13-28(30)21-3-1-4-22(15-21)34-33(32-24(18-41)5-2-6-25(32)19-42)29-17-26(38)10-14-31(29)43(34)47(46)27-11-7-20(8-12-27)35(39)40/h1-8,10-12,14-17,35H,9,13H2,(H,44,45). The summed E-state index contributed by atoms with van der Waals surface area (Å²) in [6.45, 7) is 0. The molecule has 11 heteroatoms. The predicted molar refractivity (Wildman–Crippen MR) is 173 cm³/mol. The molecule has 0 spiro atoms. The van der Waals surface area contributed by atoms with Gasteiger partial charge in [-0.3, -0.25) is 0 Å². The minimum Gasteiger partial charge on any atom is -0.587 e. The summed E-state index contributed by atoms with van der Waals surface area (Å²) >= 11 is 4.47. The van der Waals surface area contributed by atoms with Crippen molar-refractivity contribution in [3.63, 3.8) is 0 Å². The van der Waals surface area contributed by atoms with Gasteiger partial charge in [-0.2, -0.15) is 14.5 Å². The number of aromatic nitrogens is 1. The summed E-state index contributed by atoms with van der Waals surface area (Å²) in [5.41, 5.74) is 3.02. The van der Waals surface area contributed by atoms with Crippen molar-refractivity contribution in [3.05, 3.63) is 130 Å². The number of nitrogens with zero attached hydrogens (tertiary/aromatic N) is 3. The Labute approximate surface area is 275 Å². The number of carboxylic acid groups (broad SMARTS) is 1. The van der Waals surface area contributed by atoms with Gasteiger partial charge in [-0.05, 0) is 90.7 Å². The molecule has 0 amide bonds. The van der Waals surface area contributed by atoms with Crippen molar-refractivity contribution in [2.24, 2.45) is 0 Å². The van der Waals surface area contributed by atoms with Gasteiger partial charge in [-0.1, -0.05) is 35.9 Å². The third kappa shape index (κ3) is 5.79. The van der Waals surface area contributed by atoms with Gasteiger partial charge in [0.05, 0.1) is 28.8 Å². The number of rotatable bonds is 7. The van der Waals surface area contributed by atoms with Gasteiger partial charge < -0.3 is 9.66 Å².